The molecule has 0 amide bonds. The van der Waals surface area contributed by atoms with Crippen LogP contribution in [0.25, 0.3) is 0 Å². The van der Waals surface area contributed by atoms with Crippen molar-refractivity contribution < 1.29 is 14.6 Å². The van der Waals surface area contributed by atoms with E-state index in [-0.39, 0.29) is 18.6 Å². The summed E-state index contributed by atoms with van der Waals surface area (Å²) in [6, 6.07) is 5.76. The van der Waals surface area contributed by atoms with Gasteiger partial charge in [-0.25, -0.2) is 0 Å². The lowest BCUT2D eigenvalue weighted by Crippen LogP contribution is -2.28. The molecule has 0 saturated heterocycles. The Hall–Kier alpha value is -1.26. The number of aliphatic hydroxyl groups is 1. The third-order valence-corrected chi connectivity index (χ3v) is 3.26. The molecule has 0 aliphatic heterocycles. The van der Waals surface area contributed by atoms with Gasteiger partial charge in [-0.2, -0.15) is 0 Å². The van der Waals surface area contributed by atoms with Gasteiger partial charge in [0.25, 0.3) is 0 Å². The van der Waals surface area contributed by atoms with E-state index >= 15 is 0 Å². The first-order chi connectivity index (χ1) is 8.69. The van der Waals surface area contributed by atoms with Crippen molar-refractivity contribution in [3.63, 3.8) is 0 Å². The summed E-state index contributed by atoms with van der Waals surface area (Å²) in [5.74, 6) is 1.48. The Kier molecular flexibility index (Phi) is 5.95. The maximum atomic E-state index is 9.20. The van der Waals surface area contributed by atoms with Crippen molar-refractivity contribution in [3.8, 4) is 11.5 Å². The van der Waals surface area contributed by atoms with Gasteiger partial charge in [0.1, 0.15) is 0 Å². The number of benzene rings is 1. The summed E-state index contributed by atoms with van der Waals surface area (Å²) in [6.45, 7) is 2.15. The number of methoxy groups -OCH3 is 2. The number of rotatable bonds is 7. The predicted molar refractivity (Wildman–Crippen MR) is 72.3 cm³/mol. The normalized spacial score (nSPS) is 14.1. The van der Waals surface area contributed by atoms with E-state index in [1.54, 1.807) is 14.2 Å². The number of para-hydroxylation sites is 1. The molecule has 4 nitrogen and oxygen atoms in total. The summed E-state index contributed by atoms with van der Waals surface area (Å²) in [6.07, 6.45) is 1.48. The van der Waals surface area contributed by atoms with Crippen molar-refractivity contribution in [3.05, 3.63) is 23.8 Å². The smallest absolute Gasteiger partial charge is 0.164 e. The maximum absolute atomic E-state index is 9.20. The third-order valence-electron chi connectivity index (χ3n) is 3.26. The molecule has 0 fully saturated rings. The molecule has 3 N–H and O–H groups in total. The number of nitrogens with two attached hydrogens (primary N) is 1. The molecule has 0 bridgehead atoms. The highest BCUT2D eigenvalue weighted by molar-refractivity contribution is 5.48. The fourth-order valence-corrected chi connectivity index (χ4v) is 2.23. The molecule has 2 unspecified atom stereocenters. The van der Waals surface area contributed by atoms with Crippen molar-refractivity contribution >= 4 is 0 Å². The average molecular weight is 253 g/mol. The molecule has 0 aliphatic carbocycles. The number of aliphatic hydroxyl groups excluding tert-OH is 1. The van der Waals surface area contributed by atoms with Crippen LogP contribution in [0.5, 0.6) is 11.5 Å². The Labute approximate surface area is 109 Å². The van der Waals surface area contributed by atoms with Crippen LogP contribution in [0.1, 0.15) is 31.2 Å². The molecule has 0 saturated carbocycles. The summed E-state index contributed by atoms with van der Waals surface area (Å²) in [5, 5.41) is 9.20. The number of hydrogen-bond donors (Lipinski definition) is 2. The zero-order valence-electron chi connectivity index (χ0n) is 11.3. The van der Waals surface area contributed by atoms with Crippen molar-refractivity contribution in [2.45, 2.75) is 31.7 Å². The van der Waals surface area contributed by atoms with E-state index in [0.717, 1.165) is 12.0 Å². The molecule has 2 atom stereocenters. The molecule has 18 heavy (non-hydrogen) atoms. The van der Waals surface area contributed by atoms with Gasteiger partial charge < -0.3 is 20.3 Å². The Morgan fingerprint density at radius 1 is 1.28 bits per heavy atom. The molecule has 102 valence electrons. The zero-order valence-corrected chi connectivity index (χ0v) is 11.3. The van der Waals surface area contributed by atoms with E-state index in [9.17, 15) is 5.11 Å². The van der Waals surface area contributed by atoms with Gasteiger partial charge >= 0.3 is 0 Å². The molecule has 0 spiro atoms. The third kappa shape index (κ3) is 3.15. The second-order valence-electron chi connectivity index (χ2n) is 4.27. The second-order valence-corrected chi connectivity index (χ2v) is 4.27. The Morgan fingerprint density at radius 3 is 2.50 bits per heavy atom. The molecular formula is C14H23NO3. The molecule has 0 heterocycles. The van der Waals surface area contributed by atoms with Crippen LogP contribution in [-0.4, -0.2) is 32.0 Å². The monoisotopic (exact) mass is 253 g/mol. The summed E-state index contributed by atoms with van der Waals surface area (Å²) in [5.41, 5.74) is 7.14. The Balaban J connectivity index is 3.18. The highest BCUT2D eigenvalue weighted by Gasteiger charge is 2.23. The molecule has 1 aromatic rings. The van der Waals surface area contributed by atoms with Gasteiger partial charge in [-0.3, -0.25) is 0 Å². The minimum atomic E-state index is -0.00171. The van der Waals surface area contributed by atoms with Crippen LogP contribution in [-0.2, 0) is 0 Å². The van der Waals surface area contributed by atoms with Crippen molar-refractivity contribution in [2.24, 2.45) is 5.73 Å². The summed E-state index contributed by atoms with van der Waals surface area (Å²) in [7, 11) is 3.23. The van der Waals surface area contributed by atoms with Gasteiger partial charge in [-0.1, -0.05) is 19.1 Å². The first kappa shape index (κ1) is 14.8. The first-order valence-corrected chi connectivity index (χ1v) is 6.26. The van der Waals surface area contributed by atoms with E-state index in [0.29, 0.717) is 17.9 Å². The van der Waals surface area contributed by atoms with Crippen molar-refractivity contribution in [1.29, 1.82) is 0 Å². The molecule has 4 heteroatoms. The summed E-state index contributed by atoms with van der Waals surface area (Å²) < 4.78 is 10.7. The Bertz CT molecular complexity index is 368. The van der Waals surface area contributed by atoms with Crippen LogP contribution < -0.4 is 15.2 Å². The molecule has 1 rings (SSSR count). The van der Waals surface area contributed by atoms with E-state index in [1.165, 1.54) is 0 Å². The first-order valence-electron chi connectivity index (χ1n) is 6.26. The van der Waals surface area contributed by atoms with Gasteiger partial charge in [0.2, 0.25) is 0 Å². The van der Waals surface area contributed by atoms with E-state index < -0.39 is 0 Å². The second kappa shape index (κ2) is 7.24. The van der Waals surface area contributed by atoms with Crippen LogP contribution in [0.3, 0.4) is 0 Å². The van der Waals surface area contributed by atoms with Crippen LogP contribution >= 0.6 is 0 Å². The van der Waals surface area contributed by atoms with Crippen LogP contribution in [0.15, 0.2) is 18.2 Å². The van der Waals surface area contributed by atoms with Gasteiger partial charge in [-0.15, -0.1) is 0 Å². The maximum Gasteiger partial charge on any atom is 0.164 e. The quantitative estimate of drug-likeness (QED) is 0.779. The van der Waals surface area contributed by atoms with Crippen molar-refractivity contribution in [1.82, 2.24) is 0 Å². The highest BCUT2D eigenvalue weighted by Crippen LogP contribution is 2.38. The topological polar surface area (TPSA) is 64.7 Å². The predicted octanol–water partition coefficient (Wildman–Crippen LogP) is 1.91. The van der Waals surface area contributed by atoms with E-state index in [1.807, 2.05) is 25.1 Å². The lowest BCUT2D eigenvalue weighted by atomic mass is 9.87. The largest absolute Gasteiger partial charge is 0.493 e. The average Bonchev–Trinajstić information content (AvgIpc) is 2.42. The van der Waals surface area contributed by atoms with E-state index in [4.69, 9.17) is 15.2 Å². The van der Waals surface area contributed by atoms with Crippen LogP contribution in [0.2, 0.25) is 0 Å². The minimum absolute atomic E-state index is 0.00171. The van der Waals surface area contributed by atoms with Crippen LogP contribution in [0, 0.1) is 0 Å². The zero-order chi connectivity index (χ0) is 13.5. The fourth-order valence-electron chi connectivity index (χ4n) is 2.23. The fraction of sp³-hybridized carbons (Fsp3) is 0.571. The Morgan fingerprint density at radius 2 is 2.00 bits per heavy atom. The lowest BCUT2D eigenvalue weighted by molar-refractivity contribution is 0.263. The molecular weight excluding hydrogens is 230 g/mol. The minimum Gasteiger partial charge on any atom is -0.493 e. The molecule has 0 aliphatic rings. The molecule has 0 aromatic heterocycles. The van der Waals surface area contributed by atoms with E-state index in [2.05, 4.69) is 0 Å². The SMILES string of the molecule is CCC(N)C(CCO)c1cccc(OC)c1OC. The van der Waals surface area contributed by atoms with Gasteiger partial charge in [0.15, 0.2) is 11.5 Å². The summed E-state index contributed by atoms with van der Waals surface area (Å²) in [4.78, 5) is 0. The molecule has 1 aromatic carbocycles. The number of hydrogen-bond acceptors (Lipinski definition) is 4. The lowest BCUT2D eigenvalue weighted by Gasteiger charge is -2.25. The highest BCUT2D eigenvalue weighted by atomic mass is 16.5. The van der Waals surface area contributed by atoms with Gasteiger partial charge in [0, 0.05) is 24.1 Å². The van der Waals surface area contributed by atoms with Crippen LogP contribution in [0.4, 0.5) is 0 Å². The van der Waals surface area contributed by atoms with Crippen molar-refractivity contribution in [2.75, 3.05) is 20.8 Å². The van der Waals surface area contributed by atoms with Gasteiger partial charge in [-0.05, 0) is 18.9 Å². The number of ether oxygens (including phenoxy) is 2. The summed E-state index contributed by atoms with van der Waals surface area (Å²) >= 11 is 0. The molecule has 0 radical (unpaired) electrons. The van der Waals surface area contributed by atoms with Gasteiger partial charge in [0.05, 0.1) is 14.2 Å². The standard InChI is InChI=1S/C14H23NO3/c1-4-12(15)10(8-9-16)11-6-5-7-13(17-2)14(11)18-3/h5-7,10,12,16H,4,8-9,15H2,1-3H3.